The molecule has 0 atom stereocenters. The molecular weight excluding hydrogens is 365 g/mol. The van der Waals surface area contributed by atoms with Crippen molar-refractivity contribution < 1.29 is 18.1 Å². The molecule has 0 saturated heterocycles. The summed E-state index contributed by atoms with van der Waals surface area (Å²) in [5, 5.41) is 11.6. The van der Waals surface area contributed by atoms with Crippen LogP contribution in [0.1, 0.15) is 43.2 Å². The van der Waals surface area contributed by atoms with Crippen molar-refractivity contribution in [2.24, 2.45) is 21.5 Å². The molecule has 0 aromatic heterocycles. The maximum Gasteiger partial charge on any atom is 0.416 e. The summed E-state index contributed by atoms with van der Waals surface area (Å²) in [6, 6.07) is 1.66. The molecule has 1 aromatic carbocycles. The van der Waals surface area contributed by atoms with Gasteiger partial charge in [0.25, 0.3) is 5.69 Å². The number of aryl methyl sites for hydroxylation is 1. The number of aliphatic imine (C=N–C) groups is 2. The number of anilines is 1. The van der Waals surface area contributed by atoms with Crippen molar-refractivity contribution in [2.75, 3.05) is 4.90 Å². The molecule has 0 amide bonds. The molecule has 1 heterocycles. The summed E-state index contributed by atoms with van der Waals surface area (Å²) in [7, 11) is 0. The normalized spacial score (nSPS) is 19.6. The summed E-state index contributed by atoms with van der Waals surface area (Å²) in [5.74, 6) is -0.163. The molecule has 1 aromatic rings. The van der Waals surface area contributed by atoms with E-state index < -0.39 is 28.0 Å². The third-order valence-corrected chi connectivity index (χ3v) is 4.92. The molecule has 146 valence electrons. The number of guanidine groups is 2. The number of alkyl halides is 3. The molecule has 4 N–H and O–H groups in total. The van der Waals surface area contributed by atoms with Gasteiger partial charge in [-0.3, -0.25) is 15.0 Å². The van der Waals surface area contributed by atoms with Crippen LogP contribution in [0.25, 0.3) is 0 Å². The van der Waals surface area contributed by atoms with E-state index in [0.29, 0.717) is 18.9 Å². The van der Waals surface area contributed by atoms with Gasteiger partial charge >= 0.3 is 6.18 Å². The lowest BCUT2D eigenvalue weighted by atomic mass is 9.87. The molecule has 1 fully saturated rings. The summed E-state index contributed by atoms with van der Waals surface area (Å²) in [6.07, 6.45) is -1.15. The molecule has 0 bridgehead atoms. The van der Waals surface area contributed by atoms with Gasteiger partial charge in [0.1, 0.15) is 11.4 Å². The molecule has 1 aliphatic carbocycles. The van der Waals surface area contributed by atoms with E-state index in [2.05, 4.69) is 9.98 Å². The van der Waals surface area contributed by atoms with Gasteiger partial charge in [-0.05, 0) is 44.2 Å². The molecular formula is C16H19F3N6O2. The third kappa shape index (κ3) is 3.28. The van der Waals surface area contributed by atoms with E-state index in [1.54, 1.807) is 0 Å². The minimum atomic E-state index is -4.71. The second kappa shape index (κ2) is 6.39. The van der Waals surface area contributed by atoms with E-state index in [9.17, 15) is 23.3 Å². The van der Waals surface area contributed by atoms with Gasteiger partial charge in [0.05, 0.1) is 10.5 Å². The Morgan fingerprint density at radius 3 is 2.41 bits per heavy atom. The summed E-state index contributed by atoms with van der Waals surface area (Å²) in [6.45, 7) is 1.25. The first kappa shape index (κ1) is 18.9. The van der Waals surface area contributed by atoms with Crippen molar-refractivity contribution >= 4 is 23.3 Å². The average Bonchev–Trinajstić information content (AvgIpc) is 2.53. The highest BCUT2D eigenvalue weighted by Gasteiger charge is 2.46. The number of benzene rings is 1. The fourth-order valence-electron chi connectivity index (χ4n) is 3.78. The van der Waals surface area contributed by atoms with Crippen LogP contribution >= 0.6 is 0 Å². The van der Waals surface area contributed by atoms with E-state index in [-0.39, 0.29) is 23.2 Å². The number of nitrogens with zero attached hydrogens (tertiary/aromatic N) is 4. The monoisotopic (exact) mass is 384 g/mol. The first-order chi connectivity index (χ1) is 12.5. The number of hydrogen-bond donors (Lipinski definition) is 2. The lowest BCUT2D eigenvalue weighted by Gasteiger charge is -2.45. The van der Waals surface area contributed by atoms with E-state index >= 15 is 0 Å². The molecule has 0 radical (unpaired) electrons. The quantitative estimate of drug-likeness (QED) is 0.599. The Kier molecular flexibility index (Phi) is 4.48. The van der Waals surface area contributed by atoms with Gasteiger partial charge < -0.3 is 11.5 Å². The number of hydrogen-bond acceptors (Lipinski definition) is 7. The zero-order valence-electron chi connectivity index (χ0n) is 14.6. The van der Waals surface area contributed by atoms with Crippen molar-refractivity contribution in [3.63, 3.8) is 0 Å². The highest BCUT2D eigenvalue weighted by Crippen LogP contribution is 2.45. The van der Waals surface area contributed by atoms with Gasteiger partial charge in [0.2, 0.25) is 11.9 Å². The topological polar surface area (TPSA) is 123 Å². The Morgan fingerprint density at radius 2 is 1.85 bits per heavy atom. The number of nitro benzene ring substituents is 1. The number of halogens is 3. The molecule has 1 spiro atoms. The Labute approximate surface area is 152 Å². The lowest BCUT2D eigenvalue weighted by molar-refractivity contribution is -0.384. The first-order valence-electron chi connectivity index (χ1n) is 8.41. The molecule has 8 nitrogen and oxygen atoms in total. The fourth-order valence-corrected chi connectivity index (χ4v) is 3.78. The van der Waals surface area contributed by atoms with Crippen LogP contribution in [0.4, 0.5) is 24.5 Å². The van der Waals surface area contributed by atoms with Crippen LogP contribution in [-0.2, 0) is 6.18 Å². The maximum atomic E-state index is 13.2. The van der Waals surface area contributed by atoms with E-state index in [4.69, 9.17) is 11.5 Å². The molecule has 3 rings (SSSR count). The van der Waals surface area contributed by atoms with Crippen molar-refractivity contribution in [3.8, 4) is 0 Å². The second-order valence-corrected chi connectivity index (χ2v) is 6.73. The van der Waals surface area contributed by atoms with Crippen LogP contribution < -0.4 is 16.4 Å². The lowest BCUT2D eigenvalue weighted by Crippen LogP contribution is -2.58. The van der Waals surface area contributed by atoms with E-state index in [1.807, 2.05) is 0 Å². The van der Waals surface area contributed by atoms with Crippen LogP contribution in [0.15, 0.2) is 22.1 Å². The zero-order valence-corrected chi connectivity index (χ0v) is 14.6. The smallest absolute Gasteiger partial charge is 0.369 e. The molecule has 11 heteroatoms. The SMILES string of the molecule is Cc1cc(N2C(N)=NC(N)=NC23CCCCC3)c([N+](=O)[O-])cc1C(F)(F)F. The van der Waals surface area contributed by atoms with E-state index in [0.717, 1.165) is 25.3 Å². The highest BCUT2D eigenvalue weighted by molar-refractivity contribution is 6.06. The fraction of sp³-hybridized carbons (Fsp3) is 0.500. The summed E-state index contributed by atoms with van der Waals surface area (Å²) < 4.78 is 39.7. The van der Waals surface area contributed by atoms with Gasteiger partial charge in [0, 0.05) is 6.07 Å². The van der Waals surface area contributed by atoms with E-state index in [1.165, 1.54) is 11.8 Å². The second-order valence-electron chi connectivity index (χ2n) is 6.73. The Balaban J connectivity index is 2.23. The Bertz CT molecular complexity index is 843. The van der Waals surface area contributed by atoms with Crippen LogP contribution in [-0.4, -0.2) is 22.5 Å². The van der Waals surface area contributed by atoms with Gasteiger partial charge in [-0.2, -0.15) is 18.2 Å². The minimum absolute atomic E-state index is 0.0445. The molecule has 27 heavy (non-hydrogen) atoms. The van der Waals surface area contributed by atoms with Crippen molar-refractivity contribution in [3.05, 3.63) is 33.4 Å². The van der Waals surface area contributed by atoms with Crippen molar-refractivity contribution in [2.45, 2.75) is 50.9 Å². The third-order valence-electron chi connectivity index (χ3n) is 4.92. The predicted molar refractivity (Wildman–Crippen MR) is 94.4 cm³/mol. The van der Waals surface area contributed by atoms with Crippen LogP contribution in [0.3, 0.4) is 0 Å². The molecule has 0 unspecified atom stereocenters. The molecule has 1 saturated carbocycles. The molecule has 1 aliphatic heterocycles. The van der Waals surface area contributed by atoms with Crippen molar-refractivity contribution in [1.29, 1.82) is 0 Å². The van der Waals surface area contributed by atoms with Crippen molar-refractivity contribution in [1.82, 2.24) is 0 Å². The first-order valence-corrected chi connectivity index (χ1v) is 8.41. The van der Waals surface area contributed by atoms with Gasteiger partial charge in [-0.15, -0.1) is 0 Å². The van der Waals surface area contributed by atoms with Crippen LogP contribution in [0.5, 0.6) is 0 Å². The Hall–Kier alpha value is -2.85. The zero-order chi connectivity index (χ0) is 20.0. The average molecular weight is 384 g/mol. The number of nitrogens with two attached hydrogens (primary N) is 2. The molecule has 2 aliphatic rings. The predicted octanol–water partition coefficient (Wildman–Crippen LogP) is 3.03. The summed E-state index contributed by atoms with van der Waals surface area (Å²) >= 11 is 0. The largest absolute Gasteiger partial charge is 0.416 e. The number of nitro groups is 1. The minimum Gasteiger partial charge on any atom is -0.369 e. The van der Waals surface area contributed by atoms with Crippen LogP contribution in [0, 0.1) is 17.0 Å². The van der Waals surface area contributed by atoms with Crippen LogP contribution in [0.2, 0.25) is 0 Å². The van der Waals surface area contributed by atoms with Gasteiger partial charge in [0.15, 0.2) is 0 Å². The Morgan fingerprint density at radius 1 is 1.22 bits per heavy atom. The summed E-state index contributed by atoms with van der Waals surface area (Å²) in [4.78, 5) is 20.4. The van der Waals surface area contributed by atoms with Gasteiger partial charge in [-0.1, -0.05) is 6.42 Å². The van der Waals surface area contributed by atoms with Gasteiger partial charge in [-0.25, -0.2) is 4.99 Å². The maximum absolute atomic E-state index is 13.2. The summed E-state index contributed by atoms with van der Waals surface area (Å²) in [5.41, 5.74) is 8.81. The highest BCUT2D eigenvalue weighted by atomic mass is 19.4. The number of rotatable bonds is 2. The standard InChI is InChI=1S/C16H19F3N6O2/c1-9-7-11(12(25(26)27)8-10(9)16(17,18)19)24-14(21)22-13(20)23-15(24)5-3-2-4-6-15/h7-8H,2-6H2,1H3,(H4,20,21,22,23).